The zero-order valence-electron chi connectivity index (χ0n) is 10.4. The monoisotopic (exact) mass is 274 g/mol. The van der Waals surface area contributed by atoms with Crippen LogP contribution < -0.4 is 0 Å². The Labute approximate surface area is 116 Å². The highest BCUT2D eigenvalue weighted by atomic mass is 32.2. The van der Waals surface area contributed by atoms with Crippen molar-refractivity contribution in [1.82, 2.24) is 4.98 Å². The normalized spacial score (nSPS) is 10.6. The molecule has 0 aliphatic rings. The number of nitriles is 1. The van der Waals surface area contributed by atoms with E-state index in [-0.39, 0.29) is 0 Å². The molecule has 0 fully saturated rings. The molecule has 0 aliphatic carbocycles. The van der Waals surface area contributed by atoms with Gasteiger partial charge >= 0.3 is 0 Å². The lowest BCUT2D eigenvalue weighted by Crippen LogP contribution is -1.90. The van der Waals surface area contributed by atoms with Crippen molar-refractivity contribution in [2.45, 2.75) is 30.4 Å². The van der Waals surface area contributed by atoms with Crippen LogP contribution in [0.4, 0.5) is 0 Å². The minimum atomic E-state index is 0.311. The first-order chi connectivity index (χ1) is 8.70. The first kappa shape index (κ1) is 13.1. The Morgan fingerprint density at radius 2 is 2.06 bits per heavy atom. The standard InChI is InChI=1S/C14H14N2S2/c1-10(2)14-12(8-15)18-13(16-14)9-17-11-6-4-3-5-7-11/h3-7,10H,9H2,1-2H3. The van der Waals surface area contributed by atoms with Crippen molar-refractivity contribution in [3.63, 3.8) is 0 Å². The SMILES string of the molecule is CC(C)c1nc(CSc2ccccc2)sc1C#N. The number of aromatic nitrogens is 1. The fourth-order valence-corrected chi connectivity index (χ4v) is 3.50. The Morgan fingerprint density at radius 3 is 2.61 bits per heavy atom. The van der Waals surface area contributed by atoms with Gasteiger partial charge in [0.15, 0.2) is 0 Å². The molecule has 18 heavy (non-hydrogen) atoms. The third-order valence-electron chi connectivity index (χ3n) is 2.45. The Morgan fingerprint density at radius 1 is 1.33 bits per heavy atom. The lowest BCUT2D eigenvalue weighted by Gasteiger charge is -1.99. The van der Waals surface area contributed by atoms with Crippen molar-refractivity contribution in [2.75, 3.05) is 0 Å². The van der Waals surface area contributed by atoms with Crippen LogP contribution in [-0.4, -0.2) is 4.98 Å². The molecule has 0 bridgehead atoms. The maximum atomic E-state index is 9.08. The molecule has 0 amide bonds. The summed E-state index contributed by atoms with van der Waals surface area (Å²) >= 11 is 3.27. The van der Waals surface area contributed by atoms with Crippen molar-refractivity contribution in [1.29, 1.82) is 5.26 Å². The Balaban J connectivity index is 2.09. The van der Waals surface area contributed by atoms with Crippen molar-refractivity contribution >= 4 is 23.1 Å². The lowest BCUT2D eigenvalue weighted by atomic mass is 10.1. The van der Waals surface area contributed by atoms with Gasteiger partial charge in [0.1, 0.15) is 16.0 Å². The van der Waals surface area contributed by atoms with Gasteiger partial charge < -0.3 is 0 Å². The zero-order chi connectivity index (χ0) is 13.0. The molecule has 1 aromatic carbocycles. The summed E-state index contributed by atoms with van der Waals surface area (Å²) in [4.78, 5) is 6.56. The molecule has 0 N–H and O–H groups in total. The number of rotatable bonds is 4. The van der Waals surface area contributed by atoms with E-state index in [4.69, 9.17) is 5.26 Å². The molecule has 0 unspecified atom stereocenters. The van der Waals surface area contributed by atoms with Crippen molar-refractivity contribution in [3.8, 4) is 6.07 Å². The van der Waals surface area contributed by atoms with E-state index in [0.717, 1.165) is 21.3 Å². The largest absolute Gasteiger partial charge is 0.244 e. The van der Waals surface area contributed by atoms with Crippen LogP contribution in [0.2, 0.25) is 0 Å². The fourth-order valence-electron chi connectivity index (χ4n) is 1.57. The first-order valence-corrected chi connectivity index (χ1v) is 7.58. The third kappa shape index (κ3) is 3.12. The number of hydrogen-bond donors (Lipinski definition) is 0. The molecule has 1 aromatic heterocycles. The number of hydrogen-bond acceptors (Lipinski definition) is 4. The number of nitrogens with zero attached hydrogens (tertiary/aromatic N) is 2. The second-order valence-electron chi connectivity index (χ2n) is 4.19. The molecule has 1 heterocycles. The minimum absolute atomic E-state index is 0.311. The average Bonchev–Trinajstić information content (AvgIpc) is 2.81. The number of thiazole rings is 1. The molecule has 0 spiro atoms. The van der Waals surface area contributed by atoms with Gasteiger partial charge in [-0.05, 0) is 18.1 Å². The summed E-state index contributed by atoms with van der Waals surface area (Å²) in [5.74, 6) is 1.14. The van der Waals surface area contributed by atoms with Crippen molar-refractivity contribution < 1.29 is 0 Å². The predicted octanol–water partition coefficient (Wildman–Crippen LogP) is 4.43. The Kier molecular flexibility index (Phi) is 4.40. The molecular weight excluding hydrogens is 260 g/mol. The summed E-state index contributed by atoms with van der Waals surface area (Å²) < 4.78 is 0. The van der Waals surface area contributed by atoms with Crippen LogP contribution in [-0.2, 0) is 5.75 Å². The predicted molar refractivity (Wildman–Crippen MR) is 76.9 cm³/mol. The number of thioether (sulfide) groups is 1. The maximum absolute atomic E-state index is 9.08. The fraction of sp³-hybridized carbons (Fsp3) is 0.286. The van der Waals surface area contributed by atoms with Gasteiger partial charge in [0, 0.05) is 4.90 Å². The highest BCUT2D eigenvalue weighted by Crippen LogP contribution is 2.29. The van der Waals surface area contributed by atoms with Crippen LogP contribution in [0.1, 0.15) is 35.3 Å². The summed E-state index contributed by atoms with van der Waals surface area (Å²) in [7, 11) is 0. The van der Waals surface area contributed by atoms with Gasteiger partial charge in [-0.3, -0.25) is 0 Å². The van der Waals surface area contributed by atoms with Gasteiger partial charge in [-0.2, -0.15) is 5.26 Å². The second kappa shape index (κ2) is 6.03. The van der Waals surface area contributed by atoms with E-state index >= 15 is 0 Å². The van der Waals surface area contributed by atoms with Crippen LogP contribution in [0.15, 0.2) is 35.2 Å². The lowest BCUT2D eigenvalue weighted by molar-refractivity contribution is 0.824. The highest BCUT2D eigenvalue weighted by Gasteiger charge is 2.13. The summed E-state index contributed by atoms with van der Waals surface area (Å²) in [6.07, 6.45) is 0. The van der Waals surface area contributed by atoms with E-state index in [9.17, 15) is 0 Å². The van der Waals surface area contributed by atoms with Gasteiger partial charge in [-0.15, -0.1) is 23.1 Å². The van der Waals surface area contributed by atoms with Gasteiger partial charge in [-0.25, -0.2) is 4.98 Å². The average molecular weight is 274 g/mol. The molecular formula is C14H14N2S2. The van der Waals surface area contributed by atoms with Gasteiger partial charge in [0.05, 0.1) is 11.4 Å². The van der Waals surface area contributed by atoms with Crippen LogP contribution in [0, 0.1) is 11.3 Å². The molecule has 2 rings (SSSR count). The second-order valence-corrected chi connectivity index (χ2v) is 6.32. The summed E-state index contributed by atoms with van der Waals surface area (Å²) in [5, 5.41) is 10.1. The molecule has 0 radical (unpaired) electrons. The molecule has 4 heteroatoms. The van der Waals surface area contributed by atoms with Gasteiger partial charge in [0.25, 0.3) is 0 Å². The van der Waals surface area contributed by atoms with Crippen LogP contribution in [0.25, 0.3) is 0 Å². The molecule has 0 atom stereocenters. The van der Waals surface area contributed by atoms with Gasteiger partial charge in [-0.1, -0.05) is 32.0 Å². The van der Waals surface area contributed by atoms with Crippen LogP contribution in [0.5, 0.6) is 0 Å². The Bertz CT molecular complexity index is 553. The first-order valence-electron chi connectivity index (χ1n) is 5.78. The summed E-state index contributed by atoms with van der Waals surface area (Å²) in [6, 6.07) is 12.5. The topological polar surface area (TPSA) is 36.7 Å². The smallest absolute Gasteiger partial charge is 0.128 e. The zero-order valence-corrected chi connectivity index (χ0v) is 12.0. The van der Waals surface area contributed by atoms with E-state index in [1.165, 1.54) is 16.2 Å². The Hall–Kier alpha value is -1.31. The van der Waals surface area contributed by atoms with Crippen LogP contribution >= 0.6 is 23.1 Å². The van der Waals surface area contributed by atoms with E-state index < -0.39 is 0 Å². The molecule has 92 valence electrons. The minimum Gasteiger partial charge on any atom is -0.244 e. The quantitative estimate of drug-likeness (QED) is 0.774. The molecule has 0 saturated heterocycles. The van der Waals surface area contributed by atoms with E-state index in [1.54, 1.807) is 11.8 Å². The van der Waals surface area contributed by atoms with E-state index in [1.807, 2.05) is 18.2 Å². The molecule has 2 aromatic rings. The number of benzene rings is 1. The maximum Gasteiger partial charge on any atom is 0.128 e. The third-order valence-corrected chi connectivity index (χ3v) is 4.63. The van der Waals surface area contributed by atoms with Crippen molar-refractivity contribution in [2.24, 2.45) is 0 Å². The van der Waals surface area contributed by atoms with E-state index in [0.29, 0.717) is 5.92 Å². The molecule has 2 nitrogen and oxygen atoms in total. The summed E-state index contributed by atoms with van der Waals surface area (Å²) in [6.45, 7) is 4.15. The molecule has 0 aliphatic heterocycles. The molecule has 0 saturated carbocycles. The van der Waals surface area contributed by atoms with E-state index in [2.05, 4.69) is 37.0 Å². The van der Waals surface area contributed by atoms with Crippen molar-refractivity contribution in [3.05, 3.63) is 45.9 Å². The summed E-state index contributed by atoms with van der Waals surface area (Å²) in [5.41, 5.74) is 0.936. The highest BCUT2D eigenvalue weighted by molar-refractivity contribution is 7.98. The van der Waals surface area contributed by atoms with Gasteiger partial charge in [0.2, 0.25) is 0 Å². The van der Waals surface area contributed by atoms with Crippen LogP contribution in [0.3, 0.4) is 0 Å².